The van der Waals surface area contributed by atoms with Crippen molar-refractivity contribution in [3.05, 3.63) is 119 Å². The highest BCUT2D eigenvalue weighted by Crippen LogP contribution is 2.27. The highest BCUT2D eigenvalue weighted by atomic mass is 35.5. The van der Waals surface area contributed by atoms with Gasteiger partial charge in [-0.15, -0.1) is 0 Å². The van der Waals surface area contributed by atoms with Crippen LogP contribution in [0.25, 0.3) is 10.8 Å². The van der Waals surface area contributed by atoms with Crippen LogP contribution in [0.4, 0.5) is 0 Å². The maximum atomic E-state index is 13.2. The van der Waals surface area contributed by atoms with Gasteiger partial charge in [-0.05, 0) is 29.0 Å². The Morgan fingerprint density at radius 1 is 0.724 bits per heavy atom. The van der Waals surface area contributed by atoms with Gasteiger partial charge in [0.1, 0.15) is 0 Å². The van der Waals surface area contributed by atoms with Gasteiger partial charge in [-0.3, -0.25) is 4.79 Å². The predicted octanol–water partition coefficient (Wildman–Crippen LogP) is 6.27. The molecule has 0 bridgehead atoms. The SMILES string of the molecule is O=C(O[C@@H](C(=O)c1ccccc1)c1ccc(Cl)cc1)c1cccc2ccccc12. The molecular weight excluding hydrogens is 384 g/mol. The zero-order chi connectivity index (χ0) is 20.2. The van der Waals surface area contributed by atoms with Crippen LogP contribution in [-0.4, -0.2) is 11.8 Å². The second-order valence-corrected chi connectivity index (χ2v) is 7.03. The third kappa shape index (κ3) is 4.05. The second kappa shape index (κ2) is 8.29. The van der Waals surface area contributed by atoms with Gasteiger partial charge in [-0.25, -0.2) is 4.79 Å². The molecule has 3 nitrogen and oxygen atoms in total. The molecule has 0 aliphatic heterocycles. The number of hydrogen-bond donors (Lipinski definition) is 0. The molecule has 0 unspecified atom stereocenters. The summed E-state index contributed by atoms with van der Waals surface area (Å²) in [7, 11) is 0. The number of rotatable bonds is 5. The van der Waals surface area contributed by atoms with Crippen molar-refractivity contribution in [3.63, 3.8) is 0 Å². The fraction of sp³-hybridized carbons (Fsp3) is 0.0400. The highest BCUT2D eigenvalue weighted by Gasteiger charge is 2.27. The zero-order valence-corrected chi connectivity index (χ0v) is 16.2. The van der Waals surface area contributed by atoms with Gasteiger partial charge in [0.25, 0.3) is 0 Å². The molecule has 4 heteroatoms. The van der Waals surface area contributed by atoms with E-state index in [1.165, 1.54) is 0 Å². The van der Waals surface area contributed by atoms with Crippen molar-refractivity contribution in [2.24, 2.45) is 0 Å². The van der Waals surface area contributed by atoms with Crippen LogP contribution >= 0.6 is 11.6 Å². The van der Waals surface area contributed by atoms with E-state index in [4.69, 9.17) is 16.3 Å². The van der Waals surface area contributed by atoms with Crippen LogP contribution < -0.4 is 0 Å². The number of halogens is 1. The number of carbonyl (C=O) groups excluding carboxylic acids is 2. The van der Waals surface area contributed by atoms with Crippen LogP contribution in [0.5, 0.6) is 0 Å². The average Bonchev–Trinajstić information content (AvgIpc) is 2.78. The lowest BCUT2D eigenvalue weighted by Crippen LogP contribution is -2.20. The summed E-state index contributed by atoms with van der Waals surface area (Å²) >= 11 is 5.99. The Bertz CT molecular complexity index is 1160. The molecule has 0 N–H and O–H groups in total. The molecule has 29 heavy (non-hydrogen) atoms. The molecule has 1 atom stereocenters. The van der Waals surface area contributed by atoms with Crippen LogP contribution in [-0.2, 0) is 4.74 Å². The Morgan fingerprint density at radius 2 is 1.38 bits per heavy atom. The molecule has 0 fully saturated rings. The van der Waals surface area contributed by atoms with Crippen molar-refractivity contribution in [2.75, 3.05) is 0 Å². The monoisotopic (exact) mass is 400 g/mol. The average molecular weight is 401 g/mol. The molecule has 0 aliphatic rings. The first-order chi connectivity index (χ1) is 14.1. The summed E-state index contributed by atoms with van der Waals surface area (Å²) in [4.78, 5) is 26.2. The number of ketones is 1. The third-order valence-corrected chi connectivity index (χ3v) is 4.96. The summed E-state index contributed by atoms with van der Waals surface area (Å²) in [5.41, 5.74) is 1.46. The second-order valence-electron chi connectivity index (χ2n) is 6.59. The van der Waals surface area contributed by atoms with Crippen molar-refractivity contribution < 1.29 is 14.3 Å². The molecule has 4 aromatic carbocycles. The number of Topliss-reactive ketones (excluding diaryl/α,β-unsaturated/α-hetero) is 1. The van der Waals surface area contributed by atoms with E-state index in [1.807, 2.05) is 36.4 Å². The van der Waals surface area contributed by atoms with Gasteiger partial charge in [0.2, 0.25) is 5.78 Å². The van der Waals surface area contributed by atoms with Crippen molar-refractivity contribution >= 4 is 34.1 Å². The van der Waals surface area contributed by atoms with Crippen LogP contribution in [0.3, 0.4) is 0 Å². The van der Waals surface area contributed by atoms with Crippen LogP contribution in [0.2, 0.25) is 5.02 Å². The van der Waals surface area contributed by atoms with E-state index in [1.54, 1.807) is 60.7 Å². The van der Waals surface area contributed by atoms with Crippen molar-refractivity contribution in [1.82, 2.24) is 0 Å². The molecule has 0 saturated heterocycles. The van der Waals surface area contributed by atoms with E-state index in [0.29, 0.717) is 21.7 Å². The summed E-state index contributed by atoms with van der Waals surface area (Å²) in [6.45, 7) is 0. The maximum absolute atomic E-state index is 13.2. The van der Waals surface area contributed by atoms with Crippen molar-refractivity contribution in [2.45, 2.75) is 6.10 Å². The van der Waals surface area contributed by atoms with Gasteiger partial charge in [0.05, 0.1) is 5.56 Å². The minimum Gasteiger partial charge on any atom is -0.445 e. The summed E-state index contributed by atoms with van der Waals surface area (Å²) in [6.07, 6.45) is -1.07. The van der Waals surface area contributed by atoms with Crippen LogP contribution in [0, 0.1) is 0 Å². The number of benzene rings is 4. The Labute approximate surface area is 173 Å². The molecule has 4 aromatic rings. The van der Waals surface area contributed by atoms with E-state index in [9.17, 15) is 9.59 Å². The van der Waals surface area contributed by atoms with Crippen molar-refractivity contribution in [3.8, 4) is 0 Å². The lowest BCUT2D eigenvalue weighted by Gasteiger charge is -2.18. The highest BCUT2D eigenvalue weighted by molar-refractivity contribution is 6.30. The van der Waals surface area contributed by atoms with Gasteiger partial charge in [-0.2, -0.15) is 0 Å². The van der Waals surface area contributed by atoms with E-state index < -0.39 is 12.1 Å². The third-order valence-electron chi connectivity index (χ3n) is 4.70. The lowest BCUT2D eigenvalue weighted by molar-refractivity contribution is 0.0282. The van der Waals surface area contributed by atoms with E-state index >= 15 is 0 Å². The summed E-state index contributed by atoms with van der Waals surface area (Å²) in [5, 5.41) is 2.25. The Hall–Kier alpha value is -3.43. The smallest absolute Gasteiger partial charge is 0.339 e. The standard InChI is InChI=1S/C25H17ClO3/c26-20-15-13-19(14-16-20)24(23(27)18-8-2-1-3-9-18)29-25(28)22-12-6-10-17-7-4-5-11-21(17)22/h1-16,24H/t24-/m1/s1. The molecule has 0 spiro atoms. The first-order valence-electron chi connectivity index (χ1n) is 9.17. The number of ether oxygens (including phenoxy) is 1. The van der Waals surface area contributed by atoms with E-state index in [-0.39, 0.29) is 5.78 Å². The summed E-state index contributed by atoms with van der Waals surface area (Å²) in [5.74, 6) is -0.840. The molecule has 0 radical (unpaired) electrons. The zero-order valence-electron chi connectivity index (χ0n) is 15.4. The quantitative estimate of drug-likeness (QED) is 0.292. The van der Waals surface area contributed by atoms with Crippen LogP contribution in [0.1, 0.15) is 32.4 Å². The molecular formula is C25H17ClO3. The van der Waals surface area contributed by atoms with E-state index in [2.05, 4.69) is 0 Å². The van der Waals surface area contributed by atoms with Gasteiger partial charge in [0.15, 0.2) is 6.10 Å². The molecule has 0 amide bonds. The van der Waals surface area contributed by atoms with Gasteiger partial charge in [0, 0.05) is 16.1 Å². The van der Waals surface area contributed by atoms with Crippen molar-refractivity contribution in [1.29, 1.82) is 0 Å². The topological polar surface area (TPSA) is 43.4 Å². The van der Waals surface area contributed by atoms with Gasteiger partial charge in [-0.1, -0.05) is 90.5 Å². The van der Waals surface area contributed by atoms with Crippen LogP contribution in [0.15, 0.2) is 97.1 Å². The van der Waals surface area contributed by atoms with Gasteiger partial charge >= 0.3 is 5.97 Å². The molecule has 0 aromatic heterocycles. The molecule has 0 saturated carbocycles. The molecule has 4 rings (SSSR count). The Morgan fingerprint density at radius 3 is 2.14 bits per heavy atom. The molecule has 142 valence electrons. The predicted molar refractivity (Wildman–Crippen MR) is 114 cm³/mol. The Balaban J connectivity index is 1.72. The number of hydrogen-bond acceptors (Lipinski definition) is 3. The molecule has 0 aliphatic carbocycles. The first-order valence-corrected chi connectivity index (χ1v) is 9.55. The Kier molecular flexibility index (Phi) is 5.41. The minimum absolute atomic E-state index is 0.290. The largest absolute Gasteiger partial charge is 0.445 e. The lowest BCUT2D eigenvalue weighted by atomic mass is 9.99. The van der Waals surface area contributed by atoms with Gasteiger partial charge < -0.3 is 4.74 Å². The maximum Gasteiger partial charge on any atom is 0.339 e. The summed E-state index contributed by atoms with van der Waals surface area (Å²) < 4.78 is 5.76. The minimum atomic E-state index is -1.07. The molecule has 0 heterocycles. The summed E-state index contributed by atoms with van der Waals surface area (Å²) in [6, 6.07) is 28.5. The number of carbonyl (C=O) groups is 2. The normalized spacial score (nSPS) is 11.8. The number of fused-ring (bicyclic) bond motifs is 1. The fourth-order valence-electron chi connectivity index (χ4n) is 3.24. The number of esters is 1. The fourth-order valence-corrected chi connectivity index (χ4v) is 3.36. The van der Waals surface area contributed by atoms with E-state index in [0.717, 1.165) is 10.8 Å². The first kappa shape index (κ1) is 18.9.